The summed E-state index contributed by atoms with van der Waals surface area (Å²) in [6.45, 7) is 3.66. The Morgan fingerprint density at radius 3 is 2.32 bits per heavy atom. The van der Waals surface area contributed by atoms with Gasteiger partial charge in [0, 0.05) is 18.6 Å². The van der Waals surface area contributed by atoms with E-state index in [0.29, 0.717) is 17.3 Å². The number of rotatable bonds is 9. The van der Waals surface area contributed by atoms with Gasteiger partial charge in [-0.15, -0.1) is 0 Å². The maximum Gasteiger partial charge on any atom is 0.347 e. The summed E-state index contributed by atoms with van der Waals surface area (Å²) < 4.78 is 5.56. The van der Waals surface area contributed by atoms with Gasteiger partial charge in [0.2, 0.25) is 0 Å². The molecule has 1 fully saturated rings. The molecule has 1 saturated heterocycles. The molecule has 0 aliphatic carbocycles. The van der Waals surface area contributed by atoms with Crippen molar-refractivity contribution in [3.8, 4) is 5.75 Å². The van der Waals surface area contributed by atoms with E-state index in [1.54, 1.807) is 12.1 Å². The molecule has 7 heteroatoms. The number of amides is 2. The molecule has 0 saturated carbocycles. The largest absolute Gasteiger partial charge is 0.478 e. The van der Waals surface area contributed by atoms with Crippen LogP contribution >= 0.6 is 11.6 Å². The molecule has 1 aliphatic rings. The molecule has 166 valence electrons. The van der Waals surface area contributed by atoms with Crippen molar-refractivity contribution in [3.05, 3.63) is 64.7 Å². The number of carbonyl (C=O) groups is 2. The molecule has 1 unspecified atom stereocenters. The highest BCUT2D eigenvalue weighted by atomic mass is 35.5. The molecule has 6 nitrogen and oxygen atoms in total. The van der Waals surface area contributed by atoms with Gasteiger partial charge in [0.15, 0.2) is 5.60 Å². The van der Waals surface area contributed by atoms with E-state index >= 15 is 0 Å². The van der Waals surface area contributed by atoms with E-state index in [0.717, 1.165) is 36.8 Å². The molecule has 2 aromatic carbocycles. The lowest BCUT2D eigenvalue weighted by Crippen LogP contribution is -2.46. The summed E-state index contributed by atoms with van der Waals surface area (Å²) in [5, 5.41) is 12.9. The lowest BCUT2D eigenvalue weighted by atomic mass is 9.85. The minimum atomic E-state index is -1.28. The number of ether oxygens (including phenoxy) is 1. The molecule has 0 radical (unpaired) electrons. The second-order valence-corrected chi connectivity index (χ2v) is 9.10. The Balaban J connectivity index is 1.62. The number of urea groups is 1. The van der Waals surface area contributed by atoms with Crippen LogP contribution in [-0.2, 0) is 17.6 Å². The SMILES string of the molecule is CN1C(=O)NCC1(CCCc1ccc(OC(C)(C)C(=O)O)cc1)Cc1ccc(Cl)cc1. The first kappa shape index (κ1) is 22.9. The number of likely N-dealkylation sites (N-methyl/N-ethyl adjacent to an activating group) is 1. The van der Waals surface area contributed by atoms with Crippen LogP contribution in [0.5, 0.6) is 5.75 Å². The van der Waals surface area contributed by atoms with Crippen molar-refractivity contribution in [1.82, 2.24) is 10.2 Å². The van der Waals surface area contributed by atoms with Gasteiger partial charge in [-0.1, -0.05) is 35.9 Å². The number of hydrogen-bond acceptors (Lipinski definition) is 3. The highest BCUT2D eigenvalue weighted by molar-refractivity contribution is 6.30. The van der Waals surface area contributed by atoms with Crippen molar-refractivity contribution in [2.45, 2.75) is 50.7 Å². The molecule has 0 spiro atoms. The summed E-state index contributed by atoms with van der Waals surface area (Å²) in [7, 11) is 1.86. The van der Waals surface area contributed by atoms with Crippen molar-refractivity contribution in [3.63, 3.8) is 0 Å². The van der Waals surface area contributed by atoms with Crippen LogP contribution in [-0.4, -0.2) is 46.7 Å². The monoisotopic (exact) mass is 444 g/mol. The summed E-state index contributed by atoms with van der Waals surface area (Å²) in [6.07, 6.45) is 3.38. The molecule has 3 rings (SSSR count). The summed E-state index contributed by atoms with van der Waals surface area (Å²) in [4.78, 5) is 25.3. The Kier molecular flexibility index (Phi) is 6.80. The highest BCUT2D eigenvalue weighted by Crippen LogP contribution is 2.30. The van der Waals surface area contributed by atoms with Gasteiger partial charge in [0.05, 0.1) is 5.54 Å². The second kappa shape index (κ2) is 9.18. The minimum Gasteiger partial charge on any atom is -0.478 e. The molecule has 2 N–H and O–H groups in total. The predicted octanol–water partition coefficient (Wildman–Crippen LogP) is 4.54. The minimum absolute atomic E-state index is 0.0449. The van der Waals surface area contributed by atoms with Crippen molar-refractivity contribution in [2.24, 2.45) is 0 Å². The molecule has 0 bridgehead atoms. The van der Waals surface area contributed by atoms with E-state index in [1.165, 1.54) is 13.8 Å². The smallest absolute Gasteiger partial charge is 0.347 e. The Bertz CT molecular complexity index is 928. The molecule has 1 aliphatic heterocycles. The normalized spacial score (nSPS) is 18.7. The number of carbonyl (C=O) groups excluding carboxylic acids is 1. The topological polar surface area (TPSA) is 78.9 Å². The van der Waals surface area contributed by atoms with Crippen LogP contribution in [0.25, 0.3) is 0 Å². The van der Waals surface area contributed by atoms with Gasteiger partial charge in [-0.3, -0.25) is 0 Å². The first-order valence-corrected chi connectivity index (χ1v) is 10.8. The molecule has 1 heterocycles. The van der Waals surface area contributed by atoms with Crippen LogP contribution in [0.1, 0.15) is 37.8 Å². The van der Waals surface area contributed by atoms with Crippen molar-refractivity contribution in [2.75, 3.05) is 13.6 Å². The number of nitrogens with zero attached hydrogens (tertiary/aromatic N) is 1. The third-order valence-corrected chi connectivity index (χ3v) is 6.20. The zero-order chi connectivity index (χ0) is 22.6. The Labute approximate surface area is 188 Å². The summed E-state index contributed by atoms with van der Waals surface area (Å²) in [5.41, 5.74) is 0.735. The second-order valence-electron chi connectivity index (χ2n) is 8.66. The van der Waals surface area contributed by atoms with E-state index in [-0.39, 0.29) is 11.6 Å². The van der Waals surface area contributed by atoms with Crippen LogP contribution in [0.2, 0.25) is 5.02 Å². The molecule has 2 amide bonds. The summed E-state index contributed by atoms with van der Waals surface area (Å²) >= 11 is 6.01. The van der Waals surface area contributed by atoms with E-state index in [1.807, 2.05) is 48.3 Å². The fourth-order valence-corrected chi connectivity index (χ4v) is 4.01. The Hall–Kier alpha value is -2.73. The fraction of sp³-hybridized carbons (Fsp3) is 0.417. The Morgan fingerprint density at radius 1 is 1.16 bits per heavy atom. The molecular formula is C24H29ClN2O4. The van der Waals surface area contributed by atoms with Gasteiger partial charge >= 0.3 is 12.0 Å². The maximum absolute atomic E-state index is 12.2. The maximum atomic E-state index is 12.2. The van der Waals surface area contributed by atoms with Gasteiger partial charge in [0.1, 0.15) is 5.75 Å². The third-order valence-electron chi connectivity index (χ3n) is 5.95. The quantitative estimate of drug-likeness (QED) is 0.595. The third kappa shape index (κ3) is 5.50. The molecule has 2 aromatic rings. The number of hydrogen-bond donors (Lipinski definition) is 2. The number of halogens is 1. The van der Waals surface area contributed by atoms with E-state index in [4.69, 9.17) is 16.3 Å². The lowest BCUT2D eigenvalue weighted by molar-refractivity contribution is -0.152. The number of benzene rings is 2. The molecule has 1 atom stereocenters. The van der Waals surface area contributed by atoms with E-state index < -0.39 is 11.6 Å². The first-order valence-electron chi connectivity index (χ1n) is 10.4. The number of carboxylic acids is 1. The Morgan fingerprint density at radius 2 is 1.77 bits per heavy atom. The van der Waals surface area contributed by atoms with Gasteiger partial charge < -0.3 is 20.1 Å². The van der Waals surface area contributed by atoms with Crippen molar-refractivity contribution >= 4 is 23.6 Å². The number of carboxylic acid groups (broad SMARTS) is 1. The molecule has 31 heavy (non-hydrogen) atoms. The average molecular weight is 445 g/mol. The van der Waals surface area contributed by atoms with Crippen LogP contribution in [0, 0.1) is 0 Å². The number of nitrogens with one attached hydrogen (secondary N) is 1. The predicted molar refractivity (Wildman–Crippen MR) is 121 cm³/mol. The van der Waals surface area contributed by atoms with Crippen LogP contribution in [0.3, 0.4) is 0 Å². The van der Waals surface area contributed by atoms with Crippen LogP contribution in [0.4, 0.5) is 4.79 Å². The molecule has 0 aromatic heterocycles. The lowest BCUT2D eigenvalue weighted by Gasteiger charge is -2.35. The van der Waals surface area contributed by atoms with Crippen molar-refractivity contribution in [1.29, 1.82) is 0 Å². The van der Waals surface area contributed by atoms with Gasteiger partial charge in [-0.2, -0.15) is 0 Å². The fourth-order valence-electron chi connectivity index (χ4n) is 3.88. The standard InChI is InChI=1S/C24H29ClN2O4/c1-23(2,21(28)29)31-20-12-8-17(9-13-20)5-4-14-24(16-26-22(30)27(24)3)15-18-6-10-19(25)11-7-18/h6-13H,4-5,14-16H2,1-3H3,(H,26,30)(H,28,29). The van der Waals surface area contributed by atoms with Gasteiger partial charge in [-0.05, 0) is 74.9 Å². The first-order chi connectivity index (χ1) is 14.6. The number of aliphatic carboxylic acids is 1. The van der Waals surface area contributed by atoms with Gasteiger partial charge in [-0.25, -0.2) is 9.59 Å². The zero-order valence-electron chi connectivity index (χ0n) is 18.2. The average Bonchev–Trinajstić information content (AvgIpc) is 2.99. The highest BCUT2D eigenvalue weighted by Gasteiger charge is 2.42. The van der Waals surface area contributed by atoms with Crippen LogP contribution in [0.15, 0.2) is 48.5 Å². The van der Waals surface area contributed by atoms with Gasteiger partial charge in [0.25, 0.3) is 0 Å². The zero-order valence-corrected chi connectivity index (χ0v) is 18.9. The summed E-state index contributed by atoms with van der Waals surface area (Å²) in [6, 6.07) is 15.3. The van der Waals surface area contributed by atoms with Crippen molar-refractivity contribution < 1.29 is 19.4 Å². The summed E-state index contributed by atoms with van der Waals surface area (Å²) in [5.74, 6) is -0.480. The number of aryl methyl sites for hydroxylation is 1. The molecular weight excluding hydrogens is 416 g/mol. The van der Waals surface area contributed by atoms with E-state index in [2.05, 4.69) is 5.32 Å². The van der Waals surface area contributed by atoms with Crippen LogP contribution < -0.4 is 10.1 Å². The van der Waals surface area contributed by atoms with E-state index in [9.17, 15) is 14.7 Å².